The molecule has 0 radical (unpaired) electrons. The fraction of sp³-hybridized carbons (Fsp3) is 0.706. The Morgan fingerprint density at radius 3 is 1.58 bits per heavy atom. The molecule has 0 aliphatic rings. The van der Waals surface area contributed by atoms with E-state index in [1.807, 2.05) is 0 Å². The van der Waals surface area contributed by atoms with Crippen molar-refractivity contribution in [2.24, 2.45) is 0 Å². The van der Waals surface area contributed by atoms with Gasteiger partial charge in [-0.2, -0.15) is 0 Å². The number of amides is 1. The molecular formula is C17H31NO8. The molecule has 9 heteroatoms. The number of aliphatic carboxylic acids is 3. The number of carbonyl (C=O) groups is 5. The molecule has 0 atom stereocenters. The smallest absolute Gasteiger partial charge is 0.371 e. The summed E-state index contributed by atoms with van der Waals surface area (Å²) in [5, 5.41) is 26.2. The maximum atomic E-state index is 11.1. The fourth-order valence-electron chi connectivity index (χ4n) is 1.44. The first kappa shape index (κ1) is 28.4. The standard InChI is InChI=1S/C12H23NO3.C3H4O3.C2H4O2/c1-2-3-4-5-6-7-10-13-11(14)8-9-12(15)16;1-2(4)3(5)6;1-2(3)4/h2-10H2,1H3,(H,13,14)(H,15,16);1H3,(H,5,6);1H3,(H,3,4). The largest absolute Gasteiger partial charge is 0.481 e. The van der Waals surface area contributed by atoms with Crippen LogP contribution in [0.5, 0.6) is 0 Å². The summed E-state index contributed by atoms with van der Waals surface area (Å²) in [7, 11) is 0. The quantitative estimate of drug-likeness (QED) is 0.315. The maximum Gasteiger partial charge on any atom is 0.371 e. The van der Waals surface area contributed by atoms with Crippen molar-refractivity contribution in [2.45, 2.75) is 72.1 Å². The second-order valence-electron chi connectivity index (χ2n) is 5.39. The Morgan fingerprint density at radius 2 is 1.19 bits per heavy atom. The maximum absolute atomic E-state index is 11.1. The molecule has 0 saturated heterocycles. The monoisotopic (exact) mass is 377 g/mol. The molecule has 0 aromatic heterocycles. The van der Waals surface area contributed by atoms with Crippen molar-refractivity contribution in [2.75, 3.05) is 6.54 Å². The summed E-state index contributed by atoms with van der Waals surface area (Å²) < 4.78 is 0. The molecule has 1 amide bonds. The molecule has 0 bridgehead atoms. The lowest BCUT2D eigenvalue weighted by molar-refractivity contribution is -0.148. The molecule has 4 N–H and O–H groups in total. The van der Waals surface area contributed by atoms with E-state index in [2.05, 4.69) is 12.2 Å². The molecule has 0 fully saturated rings. The Labute approximate surface area is 153 Å². The number of Topliss-reactive ketones (excluding diaryl/α,β-unsaturated/α-hetero) is 1. The number of carboxylic acid groups (broad SMARTS) is 3. The summed E-state index contributed by atoms with van der Waals surface area (Å²) in [6.45, 7) is 4.94. The minimum atomic E-state index is -1.38. The van der Waals surface area contributed by atoms with E-state index in [4.69, 9.17) is 20.1 Å². The molecule has 0 aliphatic heterocycles. The number of carboxylic acids is 3. The lowest BCUT2D eigenvalue weighted by Gasteiger charge is -2.04. The molecule has 0 heterocycles. The van der Waals surface area contributed by atoms with Gasteiger partial charge in [-0.3, -0.25) is 19.2 Å². The summed E-state index contributed by atoms with van der Waals surface area (Å²) in [4.78, 5) is 49.2. The first-order valence-electron chi connectivity index (χ1n) is 8.46. The van der Waals surface area contributed by atoms with E-state index >= 15 is 0 Å². The van der Waals surface area contributed by atoms with Crippen LogP contribution in [0, 0.1) is 0 Å². The van der Waals surface area contributed by atoms with Gasteiger partial charge in [0.25, 0.3) is 5.97 Å². The minimum Gasteiger partial charge on any atom is -0.481 e. The summed E-state index contributed by atoms with van der Waals surface area (Å²) >= 11 is 0. The predicted molar refractivity (Wildman–Crippen MR) is 94.9 cm³/mol. The van der Waals surface area contributed by atoms with Crippen LogP contribution in [0.25, 0.3) is 0 Å². The van der Waals surface area contributed by atoms with Crippen molar-refractivity contribution < 1.29 is 39.3 Å². The third-order valence-corrected chi connectivity index (χ3v) is 2.72. The Balaban J connectivity index is -0.000000434. The minimum absolute atomic E-state index is 0.0810. The lowest BCUT2D eigenvalue weighted by atomic mass is 10.1. The van der Waals surface area contributed by atoms with E-state index in [9.17, 15) is 19.2 Å². The van der Waals surface area contributed by atoms with E-state index in [1.165, 1.54) is 25.7 Å². The molecule has 0 rings (SSSR count). The molecule has 9 nitrogen and oxygen atoms in total. The first-order valence-corrected chi connectivity index (χ1v) is 8.46. The van der Waals surface area contributed by atoms with Crippen molar-refractivity contribution in [1.82, 2.24) is 5.32 Å². The Kier molecular flexibility index (Phi) is 22.5. The van der Waals surface area contributed by atoms with Crippen LogP contribution < -0.4 is 5.32 Å². The van der Waals surface area contributed by atoms with Crippen LogP contribution in [0.1, 0.15) is 72.1 Å². The van der Waals surface area contributed by atoms with Gasteiger partial charge < -0.3 is 20.6 Å². The molecule has 0 saturated carbocycles. The van der Waals surface area contributed by atoms with Gasteiger partial charge in [-0.05, 0) is 6.42 Å². The molecule has 0 aromatic rings. The SMILES string of the molecule is CC(=O)C(=O)O.CC(=O)O.CCCCCCCCNC(=O)CCC(=O)O. The van der Waals surface area contributed by atoms with E-state index in [0.29, 0.717) is 6.54 Å². The van der Waals surface area contributed by atoms with Crippen molar-refractivity contribution >= 4 is 29.6 Å². The second-order valence-corrected chi connectivity index (χ2v) is 5.39. The van der Waals surface area contributed by atoms with Crippen molar-refractivity contribution in [3.05, 3.63) is 0 Å². The number of nitrogens with one attached hydrogen (secondary N) is 1. The van der Waals surface area contributed by atoms with E-state index in [-0.39, 0.29) is 18.7 Å². The van der Waals surface area contributed by atoms with Crippen molar-refractivity contribution in [3.8, 4) is 0 Å². The Morgan fingerprint density at radius 1 is 0.769 bits per heavy atom. The van der Waals surface area contributed by atoms with Crippen LogP contribution in [-0.2, 0) is 24.0 Å². The topological polar surface area (TPSA) is 158 Å². The van der Waals surface area contributed by atoms with E-state index in [1.54, 1.807) is 0 Å². The van der Waals surface area contributed by atoms with Gasteiger partial charge in [0.05, 0.1) is 6.42 Å². The number of carbonyl (C=O) groups excluding carboxylic acids is 2. The lowest BCUT2D eigenvalue weighted by Crippen LogP contribution is -2.24. The summed E-state index contributed by atoms with van der Waals surface area (Å²) in [5.41, 5.74) is 0. The highest BCUT2D eigenvalue weighted by Crippen LogP contribution is 2.04. The average molecular weight is 377 g/mol. The zero-order valence-electron chi connectivity index (χ0n) is 15.7. The third kappa shape index (κ3) is 37.6. The zero-order chi connectivity index (χ0) is 21.0. The highest BCUT2D eigenvalue weighted by molar-refractivity contribution is 6.31. The van der Waals surface area contributed by atoms with Crippen molar-refractivity contribution in [3.63, 3.8) is 0 Å². The fourth-order valence-corrected chi connectivity index (χ4v) is 1.44. The molecule has 0 aliphatic carbocycles. The Hall–Kier alpha value is -2.45. The normalized spacial score (nSPS) is 8.88. The van der Waals surface area contributed by atoms with E-state index < -0.39 is 23.7 Å². The van der Waals surface area contributed by atoms with Gasteiger partial charge in [-0.15, -0.1) is 0 Å². The van der Waals surface area contributed by atoms with Gasteiger partial charge >= 0.3 is 11.9 Å². The number of hydrogen-bond acceptors (Lipinski definition) is 5. The molecule has 0 aromatic carbocycles. The molecule has 0 unspecified atom stereocenters. The molecule has 26 heavy (non-hydrogen) atoms. The van der Waals surface area contributed by atoms with Gasteiger partial charge in [-0.1, -0.05) is 39.0 Å². The summed E-state index contributed by atoms with van der Waals surface area (Å²) in [6.07, 6.45) is 7.15. The predicted octanol–water partition coefficient (Wildman–Crippen LogP) is 2.08. The van der Waals surface area contributed by atoms with Crippen molar-refractivity contribution in [1.29, 1.82) is 0 Å². The van der Waals surface area contributed by atoms with Gasteiger partial charge in [0, 0.05) is 26.8 Å². The summed E-state index contributed by atoms with van der Waals surface area (Å²) in [6, 6.07) is 0. The van der Waals surface area contributed by atoms with Gasteiger partial charge in [0.15, 0.2) is 0 Å². The van der Waals surface area contributed by atoms with Gasteiger partial charge in [0.2, 0.25) is 11.7 Å². The van der Waals surface area contributed by atoms with Crippen LogP contribution >= 0.6 is 0 Å². The molecular weight excluding hydrogens is 346 g/mol. The first-order chi connectivity index (χ1) is 12.0. The highest BCUT2D eigenvalue weighted by atomic mass is 16.4. The molecule has 152 valence electrons. The number of hydrogen-bond donors (Lipinski definition) is 4. The van der Waals surface area contributed by atoms with Crippen LogP contribution in [0.2, 0.25) is 0 Å². The van der Waals surface area contributed by atoms with Crippen LogP contribution in [-0.4, -0.2) is 51.5 Å². The number of rotatable bonds is 11. The van der Waals surface area contributed by atoms with Crippen LogP contribution in [0.4, 0.5) is 0 Å². The Bertz CT molecular complexity index is 418. The summed E-state index contributed by atoms with van der Waals surface area (Å²) in [5.74, 6) is -4.12. The average Bonchev–Trinajstić information content (AvgIpc) is 2.52. The highest BCUT2D eigenvalue weighted by Gasteiger charge is 2.03. The second kappa shape index (κ2) is 20.6. The van der Waals surface area contributed by atoms with Gasteiger partial charge in [-0.25, -0.2) is 4.79 Å². The zero-order valence-corrected chi connectivity index (χ0v) is 15.7. The van der Waals surface area contributed by atoms with Crippen LogP contribution in [0.15, 0.2) is 0 Å². The van der Waals surface area contributed by atoms with Gasteiger partial charge in [0.1, 0.15) is 0 Å². The third-order valence-electron chi connectivity index (χ3n) is 2.72. The number of ketones is 1. The molecule has 0 spiro atoms. The number of unbranched alkanes of at least 4 members (excludes halogenated alkanes) is 5. The van der Waals surface area contributed by atoms with Crippen LogP contribution in [0.3, 0.4) is 0 Å². The van der Waals surface area contributed by atoms with E-state index in [0.717, 1.165) is 26.7 Å².